The van der Waals surface area contributed by atoms with Crippen LogP contribution in [0.4, 0.5) is 11.4 Å². The molecule has 0 radical (unpaired) electrons. The maximum atomic E-state index is 14.8. The Labute approximate surface area is 223 Å². The zero-order valence-electron chi connectivity index (χ0n) is 20.0. The Hall–Kier alpha value is -3.19. The van der Waals surface area contributed by atoms with Crippen molar-refractivity contribution in [3.8, 4) is 0 Å². The van der Waals surface area contributed by atoms with Crippen molar-refractivity contribution in [2.24, 2.45) is 5.92 Å². The Balaban J connectivity index is 1.60. The van der Waals surface area contributed by atoms with Crippen molar-refractivity contribution in [1.82, 2.24) is 4.90 Å². The van der Waals surface area contributed by atoms with Crippen LogP contribution in [0.5, 0.6) is 0 Å². The Morgan fingerprint density at radius 3 is 2.51 bits per heavy atom. The van der Waals surface area contributed by atoms with Gasteiger partial charge in [0.15, 0.2) is 5.78 Å². The minimum Gasteiger partial charge on any atom is -0.325 e. The van der Waals surface area contributed by atoms with Crippen molar-refractivity contribution in [3.05, 3.63) is 93.0 Å². The molecule has 0 aromatic heterocycles. The summed E-state index contributed by atoms with van der Waals surface area (Å²) in [5.74, 6) is -1.92. The predicted octanol–water partition coefficient (Wildman–Crippen LogP) is 5.32. The lowest BCUT2D eigenvalue weighted by Gasteiger charge is -2.38. The predicted molar refractivity (Wildman–Crippen MR) is 142 cm³/mol. The summed E-state index contributed by atoms with van der Waals surface area (Å²) in [6.45, 7) is 2.56. The van der Waals surface area contributed by atoms with Gasteiger partial charge >= 0.3 is 0 Å². The molecule has 37 heavy (non-hydrogen) atoms. The Morgan fingerprint density at radius 2 is 1.70 bits per heavy atom. The summed E-state index contributed by atoms with van der Waals surface area (Å²) < 4.78 is 0. The van der Waals surface area contributed by atoms with Crippen LogP contribution in [0.25, 0.3) is 0 Å². The molecule has 2 N–H and O–H groups in total. The first-order valence-corrected chi connectivity index (χ1v) is 13.2. The van der Waals surface area contributed by atoms with Gasteiger partial charge in [-0.2, -0.15) is 0 Å². The zero-order valence-corrected chi connectivity index (χ0v) is 21.5. The van der Waals surface area contributed by atoms with E-state index in [9.17, 15) is 14.4 Å². The molecule has 7 rings (SSSR count). The van der Waals surface area contributed by atoms with Crippen LogP contribution in [0.3, 0.4) is 0 Å². The molecule has 0 unspecified atom stereocenters. The van der Waals surface area contributed by atoms with Gasteiger partial charge in [0.25, 0.3) is 0 Å². The van der Waals surface area contributed by atoms with Gasteiger partial charge < -0.3 is 10.6 Å². The third-order valence-electron chi connectivity index (χ3n) is 8.74. The number of benzene rings is 3. The average Bonchev–Trinajstić information content (AvgIpc) is 3.58. The lowest BCUT2D eigenvalue weighted by Crippen LogP contribution is -2.55. The van der Waals surface area contributed by atoms with Crippen molar-refractivity contribution in [1.29, 1.82) is 0 Å². The van der Waals surface area contributed by atoms with Crippen LogP contribution in [0.15, 0.2) is 60.7 Å². The fraction of sp³-hybridized carbons (Fsp3) is 0.276. The molecule has 4 atom stereocenters. The van der Waals surface area contributed by atoms with E-state index in [0.29, 0.717) is 29.4 Å². The van der Waals surface area contributed by atoms with Crippen LogP contribution in [0.2, 0.25) is 10.0 Å². The van der Waals surface area contributed by atoms with Crippen molar-refractivity contribution in [2.45, 2.75) is 36.8 Å². The summed E-state index contributed by atoms with van der Waals surface area (Å²) in [6, 6.07) is 17.7. The van der Waals surface area contributed by atoms with Gasteiger partial charge in [0, 0.05) is 33.6 Å². The van der Waals surface area contributed by atoms with Crippen LogP contribution in [0, 0.1) is 12.8 Å². The number of para-hydroxylation sites is 1. The number of fused-ring (bicyclic) bond motifs is 7. The van der Waals surface area contributed by atoms with Crippen molar-refractivity contribution in [3.63, 3.8) is 0 Å². The minimum atomic E-state index is -1.36. The quantitative estimate of drug-likeness (QED) is 0.439. The number of Topliss-reactive ketones (excluding diaryl/α,β-unsaturated/α-hetero) is 1. The summed E-state index contributed by atoms with van der Waals surface area (Å²) in [6.07, 6.45) is 1.51. The largest absolute Gasteiger partial charge is 0.325 e. The molecule has 2 amide bonds. The van der Waals surface area contributed by atoms with Crippen molar-refractivity contribution < 1.29 is 14.4 Å². The third kappa shape index (κ3) is 2.68. The van der Waals surface area contributed by atoms with Crippen LogP contribution < -0.4 is 10.6 Å². The van der Waals surface area contributed by atoms with E-state index in [4.69, 9.17) is 23.2 Å². The molecule has 4 aliphatic rings. The maximum absolute atomic E-state index is 14.8. The number of hydrogen-bond acceptors (Lipinski definition) is 4. The topological polar surface area (TPSA) is 78.5 Å². The smallest absolute Gasteiger partial charge is 0.250 e. The molecule has 3 aromatic rings. The van der Waals surface area contributed by atoms with E-state index in [1.807, 2.05) is 49.4 Å². The van der Waals surface area contributed by atoms with E-state index in [1.54, 1.807) is 12.1 Å². The molecule has 6 nitrogen and oxygen atoms in total. The van der Waals surface area contributed by atoms with Crippen molar-refractivity contribution >= 4 is 52.2 Å². The number of nitrogens with one attached hydrogen (secondary N) is 2. The van der Waals surface area contributed by atoms with Gasteiger partial charge in [0.2, 0.25) is 11.8 Å². The maximum Gasteiger partial charge on any atom is 0.250 e. The molecule has 186 valence electrons. The van der Waals surface area contributed by atoms with Gasteiger partial charge in [0.05, 0.1) is 10.9 Å². The van der Waals surface area contributed by atoms with Crippen LogP contribution >= 0.6 is 23.2 Å². The minimum absolute atomic E-state index is 0.199. The second-order valence-electron chi connectivity index (χ2n) is 10.4. The Bertz CT molecular complexity index is 1560. The fourth-order valence-electron chi connectivity index (χ4n) is 7.50. The molecule has 4 aliphatic heterocycles. The van der Waals surface area contributed by atoms with Crippen molar-refractivity contribution in [2.75, 3.05) is 17.2 Å². The first kappa shape index (κ1) is 23.0. The number of carbonyl (C=O) groups excluding carboxylic acids is 3. The lowest BCUT2D eigenvalue weighted by molar-refractivity contribution is -0.128. The van der Waals surface area contributed by atoms with E-state index in [0.717, 1.165) is 23.1 Å². The number of carbonyl (C=O) groups is 3. The number of anilines is 2. The first-order valence-electron chi connectivity index (χ1n) is 12.4. The highest BCUT2D eigenvalue weighted by Gasteiger charge is 2.78. The van der Waals surface area contributed by atoms with Crippen LogP contribution in [0.1, 0.15) is 39.9 Å². The fourth-order valence-corrected chi connectivity index (χ4v) is 8.01. The van der Waals surface area contributed by atoms with Crippen LogP contribution in [-0.2, 0) is 20.5 Å². The number of rotatable bonds is 2. The van der Waals surface area contributed by atoms with Crippen LogP contribution in [-0.4, -0.2) is 35.1 Å². The third-order valence-corrected chi connectivity index (χ3v) is 9.29. The average molecular weight is 532 g/mol. The van der Waals surface area contributed by atoms with Gasteiger partial charge in [-0.05, 0) is 62.2 Å². The summed E-state index contributed by atoms with van der Waals surface area (Å²) in [7, 11) is 0. The Morgan fingerprint density at radius 1 is 0.946 bits per heavy atom. The van der Waals surface area contributed by atoms with Gasteiger partial charge in [-0.25, -0.2) is 0 Å². The second-order valence-corrected chi connectivity index (χ2v) is 11.3. The van der Waals surface area contributed by atoms with Gasteiger partial charge in [-0.1, -0.05) is 59.1 Å². The van der Waals surface area contributed by atoms with Gasteiger partial charge in [0.1, 0.15) is 11.0 Å². The lowest BCUT2D eigenvalue weighted by atomic mass is 9.60. The summed E-state index contributed by atoms with van der Waals surface area (Å²) in [4.78, 5) is 45.4. The van der Waals surface area contributed by atoms with E-state index in [1.165, 1.54) is 6.07 Å². The number of hydrogen-bond donors (Lipinski definition) is 2. The SMILES string of the molecule is Cc1ccc2c(c1)[C@@]1(C(=O)N2)[C@@H](C(=O)c2ccc(Cl)cc2Cl)[C@@]2(C(=O)Nc3ccccc32)[C@H]2CCCN21. The van der Waals surface area contributed by atoms with Gasteiger partial charge in [-0.15, -0.1) is 0 Å². The highest BCUT2D eigenvalue weighted by atomic mass is 35.5. The molecule has 2 fully saturated rings. The molecule has 3 aromatic carbocycles. The van der Waals surface area contributed by atoms with E-state index < -0.39 is 16.9 Å². The molecule has 4 heterocycles. The number of aryl methyl sites for hydroxylation is 1. The molecular formula is C29H23Cl2N3O3. The number of amides is 2. The molecule has 2 saturated heterocycles. The Kier molecular flexibility index (Phi) is 4.76. The molecule has 0 bridgehead atoms. The molecule has 2 spiro atoms. The highest BCUT2D eigenvalue weighted by molar-refractivity contribution is 6.37. The summed E-state index contributed by atoms with van der Waals surface area (Å²) >= 11 is 12.8. The van der Waals surface area contributed by atoms with Gasteiger partial charge in [-0.3, -0.25) is 19.3 Å². The molecular weight excluding hydrogens is 509 g/mol. The molecule has 0 aliphatic carbocycles. The van der Waals surface area contributed by atoms with E-state index in [-0.39, 0.29) is 34.2 Å². The summed E-state index contributed by atoms with van der Waals surface area (Å²) in [5, 5.41) is 6.72. The van der Waals surface area contributed by atoms with E-state index in [2.05, 4.69) is 15.5 Å². The normalized spacial score (nSPS) is 29.4. The van der Waals surface area contributed by atoms with E-state index >= 15 is 0 Å². The summed E-state index contributed by atoms with van der Waals surface area (Å²) in [5.41, 5.74) is 1.44. The monoisotopic (exact) mass is 531 g/mol. The standard InChI is InChI=1S/C29H23Cl2N3O3/c1-15-8-11-22-19(13-15)29(27(37)33-22)25(24(35)17-10-9-16(30)14-20(17)31)28(23-7-4-12-34(23)29)18-5-2-3-6-21(18)32-26(28)36/h2-3,5-6,8-11,13-14,23,25H,4,7,12H2,1H3,(H,32,36)(H,33,37)/t23-,25+,28+,29+/m1/s1. The number of nitrogens with zero attached hydrogens (tertiary/aromatic N) is 1. The number of ketones is 1. The molecule has 0 saturated carbocycles. The highest BCUT2D eigenvalue weighted by Crippen LogP contribution is 2.66. The first-order chi connectivity index (χ1) is 17.8. The second kappa shape index (κ2) is 7.67. The zero-order chi connectivity index (χ0) is 25.7. The molecule has 8 heteroatoms. The number of halogens is 2.